The van der Waals surface area contributed by atoms with Gasteiger partial charge < -0.3 is 5.32 Å². The Bertz CT molecular complexity index is 300. The average molecular weight is 207 g/mol. The fraction of sp³-hybridized carbons (Fsp3) is 0.750. The van der Waals surface area contributed by atoms with Crippen molar-refractivity contribution in [1.82, 2.24) is 15.1 Å². The summed E-state index contributed by atoms with van der Waals surface area (Å²) in [6.45, 7) is 7.55. The Balaban J connectivity index is 1.69. The molecule has 1 aliphatic rings. The minimum absolute atomic E-state index is 0.727. The number of rotatable bonds is 6. The standard InChI is InChI=1S/C12H21N3/c1-10(2)9-13-6-8-15-7-5-12(14-15)11-3-4-11/h5,7,10-11,13H,3-4,6,8-9H2,1-2H3. The topological polar surface area (TPSA) is 29.9 Å². The SMILES string of the molecule is CC(C)CNCCn1ccc(C2CC2)n1. The summed E-state index contributed by atoms with van der Waals surface area (Å²) in [5.41, 5.74) is 1.29. The summed E-state index contributed by atoms with van der Waals surface area (Å²) in [4.78, 5) is 0. The van der Waals surface area contributed by atoms with Crippen molar-refractivity contribution >= 4 is 0 Å². The van der Waals surface area contributed by atoms with Crippen LogP contribution >= 0.6 is 0 Å². The molecule has 0 radical (unpaired) electrons. The zero-order chi connectivity index (χ0) is 10.7. The maximum Gasteiger partial charge on any atom is 0.0655 e. The molecule has 1 fully saturated rings. The number of nitrogens with zero attached hydrogens (tertiary/aromatic N) is 2. The van der Waals surface area contributed by atoms with Gasteiger partial charge in [-0.25, -0.2) is 0 Å². The molecule has 2 rings (SSSR count). The summed E-state index contributed by atoms with van der Waals surface area (Å²) >= 11 is 0. The molecule has 0 aliphatic heterocycles. The fourth-order valence-electron chi connectivity index (χ4n) is 1.68. The maximum absolute atomic E-state index is 4.57. The second kappa shape index (κ2) is 4.79. The molecular weight excluding hydrogens is 186 g/mol. The molecule has 0 aromatic carbocycles. The van der Waals surface area contributed by atoms with Crippen LogP contribution in [-0.4, -0.2) is 22.9 Å². The summed E-state index contributed by atoms with van der Waals surface area (Å²) in [7, 11) is 0. The normalized spacial score (nSPS) is 16.2. The molecule has 0 spiro atoms. The van der Waals surface area contributed by atoms with Crippen molar-refractivity contribution in [3.05, 3.63) is 18.0 Å². The summed E-state index contributed by atoms with van der Waals surface area (Å²) < 4.78 is 2.06. The molecule has 0 bridgehead atoms. The molecule has 3 heteroatoms. The van der Waals surface area contributed by atoms with Gasteiger partial charge >= 0.3 is 0 Å². The predicted molar refractivity (Wildman–Crippen MR) is 61.9 cm³/mol. The zero-order valence-corrected chi connectivity index (χ0v) is 9.74. The third kappa shape index (κ3) is 3.34. The largest absolute Gasteiger partial charge is 0.315 e. The van der Waals surface area contributed by atoms with E-state index in [-0.39, 0.29) is 0 Å². The zero-order valence-electron chi connectivity index (χ0n) is 9.74. The van der Waals surface area contributed by atoms with E-state index >= 15 is 0 Å². The van der Waals surface area contributed by atoms with Crippen LogP contribution in [-0.2, 0) is 6.54 Å². The Morgan fingerprint density at radius 3 is 3.00 bits per heavy atom. The van der Waals surface area contributed by atoms with E-state index in [2.05, 4.69) is 41.2 Å². The van der Waals surface area contributed by atoms with Crippen molar-refractivity contribution < 1.29 is 0 Å². The highest BCUT2D eigenvalue weighted by Gasteiger charge is 2.25. The highest BCUT2D eigenvalue weighted by Crippen LogP contribution is 2.38. The molecule has 1 heterocycles. The van der Waals surface area contributed by atoms with Crippen LogP contribution in [0.3, 0.4) is 0 Å². The lowest BCUT2D eigenvalue weighted by Crippen LogP contribution is -2.24. The average Bonchev–Trinajstić information content (AvgIpc) is 2.94. The second-order valence-electron chi connectivity index (χ2n) is 4.88. The molecule has 1 aromatic heterocycles. The van der Waals surface area contributed by atoms with Crippen LogP contribution in [0.15, 0.2) is 12.3 Å². The molecule has 0 unspecified atom stereocenters. The predicted octanol–water partition coefficient (Wildman–Crippen LogP) is 2.01. The third-order valence-electron chi connectivity index (χ3n) is 2.73. The number of aromatic nitrogens is 2. The van der Waals surface area contributed by atoms with Crippen molar-refractivity contribution in [2.45, 2.75) is 39.2 Å². The first-order valence-electron chi connectivity index (χ1n) is 6.00. The lowest BCUT2D eigenvalue weighted by atomic mass is 10.2. The van der Waals surface area contributed by atoms with Gasteiger partial charge in [-0.1, -0.05) is 13.8 Å². The van der Waals surface area contributed by atoms with Gasteiger partial charge in [-0.2, -0.15) is 5.10 Å². The van der Waals surface area contributed by atoms with E-state index in [1.54, 1.807) is 0 Å². The molecular formula is C12H21N3. The van der Waals surface area contributed by atoms with Crippen LogP contribution in [0.5, 0.6) is 0 Å². The molecule has 84 valence electrons. The summed E-state index contributed by atoms with van der Waals surface area (Å²) in [6, 6.07) is 2.17. The van der Waals surface area contributed by atoms with Crippen molar-refractivity contribution in [2.75, 3.05) is 13.1 Å². The van der Waals surface area contributed by atoms with E-state index in [9.17, 15) is 0 Å². The monoisotopic (exact) mass is 207 g/mol. The Morgan fingerprint density at radius 2 is 2.33 bits per heavy atom. The Labute approximate surface area is 91.9 Å². The van der Waals surface area contributed by atoms with Gasteiger partial charge in [-0.05, 0) is 31.4 Å². The summed E-state index contributed by atoms with van der Waals surface area (Å²) in [5.74, 6) is 1.50. The van der Waals surface area contributed by atoms with Crippen LogP contribution in [0.1, 0.15) is 38.3 Å². The van der Waals surface area contributed by atoms with E-state index < -0.39 is 0 Å². The molecule has 1 aromatic rings. The van der Waals surface area contributed by atoms with Gasteiger partial charge in [0.1, 0.15) is 0 Å². The number of nitrogens with one attached hydrogen (secondary N) is 1. The van der Waals surface area contributed by atoms with Gasteiger partial charge in [0, 0.05) is 18.7 Å². The lowest BCUT2D eigenvalue weighted by Gasteiger charge is -2.07. The van der Waals surface area contributed by atoms with Gasteiger partial charge in [-0.15, -0.1) is 0 Å². The molecule has 1 N–H and O–H groups in total. The van der Waals surface area contributed by atoms with Crippen LogP contribution in [0.25, 0.3) is 0 Å². The minimum Gasteiger partial charge on any atom is -0.315 e. The van der Waals surface area contributed by atoms with Gasteiger partial charge in [0.05, 0.1) is 12.2 Å². The molecule has 1 aliphatic carbocycles. The maximum atomic E-state index is 4.57. The van der Waals surface area contributed by atoms with Gasteiger partial charge in [0.2, 0.25) is 0 Å². The van der Waals surface area contributed by atoms with E-state index in [4.69, 9.17) is 0 Å². The first-order chi connectivity index (χ1) is 7.25. The smallest absolute Gasteiger partial charge is 0.0655 e. The van der Waals surface area contributed by atoms with Crippen LogP contribution in [0, 0.1) is 5.92 Å². The van der Waals surface area contributed by atoms with Crippen molar-refractivity contribution in [3.63, 3.8) is 0 Å². The lowest BCUT2D eigenvalue weighted by molar-refractivity contribution is 0.504. The van der Waals surface area contributed by atoms with Crippen LogP contribution in [0.2, 0.25) is 0 Å². The molecule has 0 atom stereocenters. The van der Waals surface area contributed by atoms with Gasteiger partial charge in [-0.3, -0.25) is 4.68 Å². The second-order valence-corrected chi connectivity index (χ2v) is 4.88. The highest BCUT2D eigenvalue weighted by atomic mass is 15.3. The molecule has 3 nitrogen and oxygen atoms in total. The van der Waals surface area contributed by atoms with Crippen molar-refractivity contribution in [2.24, 2.45) is 5.92 Å². The summed E-state index contributed by atoms with van der Waals surface area (Å²) in [6.07, 6.45) is 4.77. The first-order valence-corrected chi connectivity index (χ1v) is 6.00. The van der Waals surface area contributed by atoms with E-state index in [0.29, 0.717) is 0 Å². The van der Waals surface area contributed by atoms with Gasteiger partial charge in [0.15, 0.2) is 0 Å². The van der Waals surface area contributed by atoms with Crippen LogP contribution < -0.4 is 5.32 Å². The van der Waals surface area contributed by atoms with Crippen molar-refractivity contribution in [1.29, 1.82) is 0 Å². The van der Waals surface area contributed by atoms with E-state index in [0.717, 1.165) is 31.5 Å². The Morgan fingerprint density at radius 1 is 1.53 bits per heavy atom. The highest BCUT2D eigenvalue weighted by molar-refractivity contribution is 5.12. The summed E-state index contributed by atoms with van der Waals surface area (Å²) in [5, 5.41) is 7.99. The number of hydrogen-bond acceptors (Lipinski definition) is 2. The van der Waals surface area contributed by atoms with Crippen LogP contribution in [0.4, 0.5) is 0 Å². The Kier molecular flexibility index (Phi) is 3.41. The molecule has 15 heavy (non-hydrogen) atoms. The minimum atomic E-state index is 0.727. The molecule has 1 saturated carbocycles. The molecule has 0 saturated heterocycles. The quantitative estimate of drug-likeness (QED) is 0.723. The Hall–Kier alpha value is -0.830. The van der Waals surface area contributed by atoms with E-state index in [1.165, 1.54) is 18.5 Å². The van der Waals surface area contributed by atoms with E-state index in [1.807, 2.05) is 0 Å². The first kappa shape index (κ1) is 10.7. The third-order valence-corrected chi connectivity index (χ3v) is 2.73. The fourth-order valence-corrected chi connectivity index (χ4v) is 1.68. The molecule has 0 amide bonds. The van der Waals surface area contributed by atoms with Crippen molar-refractivity contribution in [3.8, 4) is 0 Å². The number of hydrogen-bond donors (Lipinski definition) is 1. The van der Waals surface area contributed by atoms with Gasteiger partial charge in [0.25, 0.3) is 0 Å².